The number of hydrogen-bond acceptors (Lipinski definition) is 6. The zero-order valence-electron chi connectivity index (χ0n) is 12.9. The third-order valence-electron chi connectivity index (χ3n) is 3.41. The molecule has 4 aromatic rings. The maximum absolute atomic E-state index is 11.9. The summed E-state index contributed by atoms with van der Waals surface area (Å²) >= 11 is 1.56. The third-order valence-corrected chi connectivity index (χ3v) is 4.46. The van der Waals surface area contributed by atoms with Crippen LogP contribution in [0.3, 0.4) is 0 Å². The number of aromatic nitrogens is 2. The van der Waals surface area contributed by atoms with Gasteiger partial charge in [0, 0.05) is 12.4 Å². The van der Waals surface area contributed by atoms with Crippen molar-refractivity contribution >= 4 is 33.7 Å². The Kier molecular flexibility index (Phi) is 4.05. The van der Waals surface area contributed by atoms with Gasteiger partial charge in [0.25, 0.3) is 5.91 Å². The molecule has 0 atom stereocenters. The lowest BCUT2D eigenvalue weighted by atomic mass is 10.3. The van der Waals surface area contributed by atoms with E-state index in [0.29, 0.717) is 17.1 Å². The van der Waals surface area contributed by atoms with E-state index in [9.17, 15) is 4.79 Å². The topological polar surface area (TPSA) is 80.4 Å². The summed E-state index contributed by atoms with van der Waals surface area (Å²) in [5.41, 5.74) is 3.82. The van der Waals surface area contributed by atoms with E-state index >= 15 is 0 Å². The van der Waals surface area contributed by atoms with Crippen LogP contribution >= 0.6 is 11.3 Å². The number of amides is 1. The zero-order valence-corrected chi connectivity index (χ0v) is 13.7. The van der Waals surface area contributed by atoms with Crippen molar-refractivity contribution < 1.29 is 9.21 Å². The minimum absolute atomic E-state index is 0.331. The van der Waals surface area contributed by atoms with Crippen LogP contribution in [0, 0.1) is 0 Å². The molecule has 0 saturated heterocycles. The second kappa shape index (κ2) is 6.66. The van der Waals surface area contributed by atoms with Crippen molar-refractivity contribution in [1.29, 1.82) is 0 Å². The average Bonchev–Trinajstić information content (AvgIpc) is 3.29. The molecule has 6 nitrogen and oxygen atoms in total. The molecule has 0 spiro atoms. The Morgan fingerprint density at radius 1 is 1.16 bits per heavy atom. The summed E-state index contributed by atoms with van der Waals surface area (Å²) in [6, 6.07) is 14.9. The van der Waals surface area contributed by atoms with Crippen LogP contribution in [0.1, 0.15) is 16.1 Å². The molecule has 1 amide bonds. The van der Waals surface area contributed by atoms with Crippen LogP contribution in [0.2, 0.25) is 0 Å². The fraction of sp³-hybridized carbons (Fsp3) is 0. The summed E-state index contributed by atoms with van der Waals surface area (Å²) in [6.45, 7) is 0. The first-order valence-electron chi connectivity index (χ1n) is 7.49. The van der Waals surface area contributed by atoms with Crippen LogP contribution in [-0.4, -0.2) is 22.1 Å². The summed E-state index contributed by atoms with van der Waals surface area (Å²) in [6.07, 6.45) is 4.53. The Labute approximate surface area is 146 Å². The van der Waals surface area contributed by atoms with Gasteiger partial charge in [-0.1, -0.05) is 12.1 Å². The fourth-order valence-corrected chi connectivity index (χ4v) is 3.16. The van der Waals surface area contributed by atoms with E-state index in [4.69, 9.17) is 4.42 Å². The van der Waals surface area contributed by atoms with E-state index in [2.05, 4.69) is 20.5 Å². The monoisotopic (exact) mass is 348 g/mol. The standard InChI is InChI=1S/C18H12N4O2S/c23-17(12-4-3-9-19-10-12)22-20-11-13-7-8-15(24-13)18-21-14-5-1-2-6-16(14)25-18/h1-11H,(H,22,23)/b20-11-. The van der Waals surface area contributed by atoms with Gasteiger partial charge in [0.15, 0.2) is 10.8 Å². The third kappa shape index (κ3) is 3.31. The van der Waals surface area contributed by atoms with Crippen molar-refractivity contribution in [2.45, 2.75) is 0 Å². The lowest BCUT2D eigenvalue weighted by molar-refractivity contribution is 0.0955. The van der Waals surface area contributed by atoms with E-state index in [0.717, 1.165) is 15.2 Å². The lowest BCUT2D eigenvalue weighted by Crippen LogP contribution is -2.17. The van der Waals surface area contributed by atoms with Crippen LogP contribution in [0.5, 0.6) is 0 Å². The summed E-state index contributed by atoms with van der Waals surface area (Å²) in [5.74, 6) is 0.865. The van der Waals surface area contributed by atoms with Gasteiger partial charge in [0.1, 0.15) is 5.76 Å². The highest BCUT2D eigenvalue weighted by atomic mass is 32.1. The number of para-hydroxylation sites is 1. The SMILES string of the molecule is O=C(N/N=C\c1ccc(-c2nc3ccccc3s2)o1)c1cccnc1. The quantitative estimate of drug-likeness (QED) is 0.450. The Morgan fingerprint density at radius 2 is 2.08 bits per heavy atom. The predicted molar refractivity (Wildman–Crippen MR) is 96.6 cm³/mol. The Morgan fingerprint density at radius 3 is 2.92 bits per heavy atom. The summed E-state index contributed by atoms with van der Waals surface area (Å²) in [7, 11) is 0. The van der Waals surface area contributed by atoms with Crippen LogP contribution in [0.4, 0.5) is 0 Å². The molecule has 0 aliphatic carbocycles. The molecule has 7 heteroatoms. The predicted octanol–water partition coefficient (Wildman–Crippen LogP) is 3.72. The Hall–Kier alpha value is -3.32. The number of rotatable bonds is 4. The number of hydrazone groups is 1. The number of nitrogens with one attached hydrogen (secondary N) is 1. The summed E-state index contributed by atoms with van der Waals surface area (Å²) in [5, 5.41) is 4.71. The summed E-state index contributed by atoms with van der Waals surface area (Å²) < 4.78 is 6.83. The van der Waals surface area contributed by atoms with E-state index < -0.39 is 0 Å². The molecule has 122 valence electrons. The first-order valence-corrected chi connectivity index (χ1v) is 8.30. The van der Waals surface area contributed by atoms with Crippen molar-refractivity contribution in [3.8, 4) is 10.8 Å². The molecule has 1 N–H and O–H groups in total. The average molecular weight is 348 g/mol. The second-order valence-corrected chi connectivity index (χ2v) is 6.16. The zero-order chi connectivity index (χ0) is 17.1. The normalized spacial score (nSPS) is 11.2. The van der Waals surface area contributed by atoms with Crippen molar-refractivity contribution in [2.24, 2.45) is 5.10 Å². The minimum atomic E-state index is -0.331. The fourth-order valence-electron chi connectivity index (χ4n) is 2.23. The number of nitrogens with zero attached hydrogens (tertiary/aromatic N) is 3. The molecule has 0 fully saturated rings. The molecular weight excluding hydrogens is 336 g/mol. The largest absolute Gasteiger partial charge is 0.453 e. The molecule has 0 unspecified atom stereocenters. The molecular formula is C18H12N4O2S. The van der Waals surface area contributed by atoms with Crippen LogP contribution in [0.15, 0.2) is 70.4 Å². The highest BCUT2D eigenvalue weighted by Crippen LogP contribution is 2.30. The van der Waals surface area contributed by atoms with Crippen LogP contribution in [0.25, 0.3) is 21.0 Å². The summed E-state index contributed by atoms with van der Waals surface area (Å²) in [4.78, 5) is 20.3. The van der Waals surface area contributed by atoms with Crippen molar-refractivity contribution in [2.75, 3.05) is 0 Å². The molecule has 0 bridgehead atoms. The van der Waals surface area contributed by atoms with Gasteiger partial charge in [-0.15, -0.1) is 11.3 Å². The van der Waals surface area contributed by atoms with Crippen molar-refractivity contribution in [1.82, 2.24) is 15.4 Å². The number of thiazole rings is 1. The number of carbonyl (C=O) groups is 1. The number of hydrogen-bond donors (Lipinski definition) is 1. The second-order valence-electron chi connectivity index (χ2n) is 5.13. The highest BCUT2D eigenvalue weighted by molar-refractivity contribution is 7.21. The van der Waals surface area contributed by atoms with E-state index in [1.165, 1.54) is 12.4 Å². The molecule has 25 heavy (non-hydrogen) atoms. The van der Waals surface area contributed by atoms with Gasteiger partial charge in [-0.25, -0.2) is 10.4 Å². The van der Waals surface area contributed by atoms with E-state index in [1.807, 2.05) is 30.3 Å². The van der Waals surface area contributed by atoms with Crippen molar-refractivity contribution in [3.05, 3.63) is 72.2 Å². The first kappa shape index (κ1) is 15.2. The molecule has 0 aliphatic heterocycles. The van der Waals surface area contributed by atoms with Gasteiger partial charge in [-0.2, -0.15) is 5.10 Å². The number of benzene rings is 1. The molecule has 1 aromatic carbocycles. The van der Waals surface area contributed by atoms with Gasteiger partial charge >= 0.3 is 0 Å². The van der Waals surface area contributed by atoms with Gasteiger partial charge in [-0.05, 0) is 36.4 Å². The van der Waals surface area contributed by atoms with Gasteiger partial charge in [0.05, 0.1) is 22.0 Å². The van der Waals surface area contributed by atoms with E-state index in [-0.39, 0.29) is 5.91 Å². The van der Waals surface area contributed by atoms with E-state index in [1.54, 1.807) is 35.7 Å². The van der Waals surface area contributed by atoms with Gasteiger partial charge in [-0.3, -0.25) is 9.78 Å². The van der Waals surface area contributed by atoms with Gasteiger partial charge < -0.3 is 4.42 Å². The number of furan rings is 1. The van der Waals surface area contributed by atoms with Gasteiger partial charge in [0.2, 0.25) is 0 Å². The maximum Gasteiger partial charge on any atom is 0.272 e. The number of fused-ring (bicyclic) bond motifs is 1. The minimum Gasteiger partial charge on any atom is -0.453 e. The number of pyridine rings is 1. The molecule has 0 radical (unpaired) electrons. The van der Waals surface area contributed by atoms with Crippen molar-refractivity contribution in [3.63, 3.8) is 0 Å². The highest BCUT2D eigenvalue weighted by Gasteiger charge is 2.10. The van der Waals surface area contributed by atoms with Crippen LogP contribution < -0.4 is 5.43 Å². The Bertz CT molecular complexity index is 1020. The molecule has 0 aliphatic rings. The molecule has 0 saturated carbocycles. The molecule has 3 heterocycles. The Balaban J connectivity index is 1.47. The first-order chi connectivity index (χ1) is 12.3. The maximum atomic E-state index is 11.9. The molecule has 3 aromatic heterocycles. The lowest BCUT2D eigenvalue weighted by Gasteiger charge is -1.97. The molecule has 4 rings (SSSR count). The smallest absolute Gasteiger partial charge is 0.272 e. The number of carbonyl (C=O) groups excluding carboxylic acids is 1. The van der Waals surface area contributed by atoms with Crippen LogP contribution in [-0.2, 0) is 0 Å².